The molecular weight excluding hydrogens is 390 g/mol. The summed E-state index contributed by atoms with van der Waals surface area (Å²) in [5, 5.41) is 15.4. The monoisotopic (exact) mass is 405 g/mol. The van der Waals surface area contributed by atoms with Crippen molar-refractivity contribution in [1.82, 2.24) is 9.88 Å². The third-order valence-electron chi connectivity index (χ3n) is 3.98. The lowest BCUT2D eigenvalue weighted by Gasteiger charge is -2.16. The number of thiophene rings is 1. The van der Waals surface area contributed by atoms with Crippen molar-refractivity contribution >= 4 is 40.0 Å². The van der Waals surface area contributed by atoms with E-state index in [1.54, 1.807) is 12.1 Å². The number of amides is 1. The number of non-ortho nitro benzene ring substituents is 1. The van der Waals surface area contributed by atoms with Gasteiger partial charge in [0, 0.05) is 10.9 Å². The number of oxazole rings is 1. The predicted molar refractivity (Wildman–Crippen MR) is 99.0 cm³/mol. The smallest absolute Gasteiger partial charge is 0.420 e. The number of nitrogens with one attached hydrogen (secondary N) is 1. The van der Waals surface area contributed by atoms with Crippen LogP contribution in [0.25, 0.3) is 11.1 Å². The van der Waals surface area contributed by atoms with E-state index in [4.69, 9.17) is 4.42 Å². The van der Waals surface area contributed by atoms with Gasteiger partial charge in [-0.2, -0.15) is 0 Å². The molecule has 1 atom stereocenters. The molecule has 0 aliphatic rings. The van der Waals surface area contributed by atoms with Crippen molar-refractivity contribution < 1.29 is 23.7 Å². The number of carbonyl (C=O) groups excluding carboxylic acids is 2. The molecule has 0 fully saturated rings. The van der Waals surface area contributed by atoms with Gasteiger partial charge in [-0.05, 0) is 17.5 Å². The molecule has 3 aromatic rings. The summed E-state index contributed by atoms with van der Waals surface area (Å²) in [4.78, 5) is 47.2. The Labute approximate surface area is 161 Å². The van der Waals surface area contributed by atoms with Crippen molar-refractivity contribution in [3.63, 3.8) is 0 Å². The van der Waals surface area contributed by atoms with E-state index < -0.39 is 28.6 Å². The summed E-state index contributed by atoms with van der Waals surface area (Å²) >= 11 is 1.37. The predicted octanol–water partition coefficient (Wildman–Crippen LogP) is 1.98. The summed E-state index contributed by atoms with van der Waals surface area (Å²) < 4.78 is 10.7. The summed E-state index contributed by atoms with van der Waals surface area (Å²) in [6, 6.07) is 6.65. The lowest BCUT2D eigenvalue weighted by Crippen LogP contribution is -2.34. The molecule has 0 saturated carbocycles. The summed E-state index contributed by atoms with van der Waals surface area (Å²) in [6.45, 7) is -0.368. The van der Waals surface area contributed by atoms with Crippen molar-refractivity contribution in [2.45, 2.75) is 19.0 Å². The van der Waals surface area contributed by atoms with Crippen molar-refractivity contribution in [1.29, 1.82) is 0 Å². The molecular formula is C17H15N3O7S. The molecule has 1 unspecified atom stereocenters. The van der Waals surface area contributed by atoms with Gasteiger partial charge in [-0.3, -0.25) is 24.3 Å². The number of fused-ring (bicyclic) bond motifs is 1. The molecule has 28 heavy (non-hydrogen) atoms. The SMILES string of the molecule is COC(=O)CC(NC(=O)Cn1c(=O)oc2cc([N+](=O)[O-])ccc21)c1cccs1. The zero-order chi connectivity index (χ0) is 20.3. The number of ether oxygens (including phenoxy) is 1. The maximum absolute atomic E-state index is 12.5. The van der Waals surface area contributed by atoms with Gasteiger partial charge < -0.3 is 14.5 Å². The highest BCUT2D eigenvalue weighted by Gasteiger charge is 2.22. The van der Waals surface area contributed by atoms with E-state index >= 15 is 0 Å². The number of methoxy groups -OCH3 is 1. The molecule has 11 heteroatoms. The second-order valence-corrected chi connectivity index (χ2v) is 6.76. The van der Waals surface area contributed by atoms with Crippen molar-refractivity contribution in [3.05, 3.63) is 61.3 Å². The van der Waals surface area contributed by atoms with Gasteiger partial charge in [0.15, 0.2) is 5.58 Å². The van der Waals surface area contributed by atoms with E-state index in [0.717, 1.165) is 15.5 Å². The van der Waals surface area contributed by atoms with Crippen LogP contribution in [0, 0.1) is 10.1 Å². The highest BCUT2D eigenvalue weighted by molar-refractivity contribution is 7.10. The second-order valence-electron chi connectivity index (χ2n) is 5.78. The summed E-state index contributed by atoms with van der Waals surface area (Å²) in [5.41, 5.74) is 0.0384. The highest BCUT2D eigenvalue weighted by atomic mass is 32.1. The van der Waals surface area contributed by atoms with Gasteiger partial charge in [-0.15, -0.1) is 11.3 Å². The van der Waals surface area contributed by atoms with Crippen LogP contribution in [0.5, 0.6) is 0 Å². The van der Waals surface area contributed by atoms with Gasteiger partial charge in [0.05, 0.1) is 36.1 Å². The van der Waals surface area contributed by atoms with Crippen LogP contribution in [-0.2, 0) is 20.9 Å². The Kier molecular flexibility index (Phi) is 5.54. The lowest BCUT2D eigenvalue weighted by atomic mass is 10.1. The normalized spacial score (nSPS) is 11.9. The third-order valence-corrected chi connectivity index (χ3v) is 4.97. The average Bonchev–Trinajstić information content (AvgIpc) is 3.29. The number of esters is 1. The number of nitro benzene ring substituents is 1. The zero-order valence-corrected chi connectivity index (χ0v) is 15.4. The third kappa shape index (κ3) is 4.09. The molecule has 1 aromatic carbocycles. The van der Waals surface area contributed by atoms with Gasteiger partial charge in [-0.1, -0.05) is 6.07 Å². The van der Waals surface area contributed by atoms with Crippen LogP contribution in [0.4, 0.5) is 5.69 Å². The zero-order valence-electron chi connectivity index (χ0n) is 14.6. The van der Waals surface area contributed by atoms with E-state index in [9.17, 15) is 24.5 Å². The molecule has 1 amide bonds. The molecule has 0 spiro atoms. The number of nitro groups is 1. The fraction of sp³-hybridized carbons (Fsp3) is 0.235. The number of aromatic nitrogens is 1. The van der Waals surface area contributed by atoms with Gasteiger partial charge >= 0.3 is 11.7 Å². The fourth-order valence-electron chi connectivity index (χ4n) is 2.66. The van der Waals surface area contributed by atoms with E-state index in [0.29, 0.717) is 0 Å². The van der Waals surface area contributed by atoms with E-state index in [2.05, 4.69) is 10.1 Å². The number of rotatable bonds is 7. The Morgan fingerprint density at radius 1 is 1.39 bits per heavy atom. The summed E-state index contributed by atoms with van der Waals surface area (Å²) in [7, 11) is 1.26. The van der Waals surface area contributed by atoms with Gasteiger partial charge in [0.25, 0.3) is 5.69 Å². The first-order valence-corrected chi connectivity index (χ1v) is 8.94. The maximum atomic E-state index is 12.5. The number of benzene rings is 1. The molecule has 1 N–H and O–H groups in total. The average molecular weight is 405 g/mol. The number of nitrogens with zero attached hydrogens (tertiary/aromatic N) is 2. The molecule has 3 rings (SSSR count). The maximum Gasteiger partial charge on any atom is 0.420 e. The number of carbonyl (C=O) groups is 2. The molecule has 0 aliphatic carbocycles. The molecule has 0 aliphatic heterocycles. The number of hydrogen-bond acceptors (Lipinski definition) is 8. The summed E-state index contributed by atoms with van der Waals surface area (Å²) in [6.07, 6.45) is -0.0595. The Bertz CT molecular complexity index is 1080. The van der Waals surface area contributed by atoms with Crippen LogP contribution >= 0.6 is 11.3 Å². The van der Waals surface area contributed by atoms with Gasteiger partial charge in [-0.25, -0.2) is 4.79 Å². The van der Waals surface area contributed by atoms with E-state index in [-0.39, 0.29) is 29.8 Å². The molecule has 2 heterocycles. The van der Waals surface area contributed by atoms with Crippen molar-refractivity contribution in [2.75, 3.05) is 7.11 Å². The molecule has 0 radical (unpaired) electrons. The van der Waals surface area contributed by atoms with Crippen LogP contribution in [0.1, 0.15) is 17.3 Å². The van der Waals surface area contributed by atoms with Crippen molar-refractivity contribution in [2.24, 2.45) is 0 Å². The minimum atomic E-state index is -0.814. The first-order valence-electron chi connectivity index (χ1n) is 8.06. The Morgan fingerprint density at radius 2 is 2.18 bits per heavy atom. The number of hydrogen-bond donors (Lipinski definition) is 1. The summed E-state index contributed by atoms with van der Waals surface area (Å²) in [5.74, 6) is -1.83. The molecule has 146 valence electrons. The van der Waals surface area contributed by atoms with Gasteiger partial charge in [0.2, 0.25) is 5.91 Å². The highest BCUT2D eigenvalue weighted by Crippen LogP contribution is 2.23. The van der Waals surface area contributed by atoms with Crippen LogP contribution < -0.4 is 11.1 Å². The Morgan fingerprint density at radius 3 is 2.82 bits per heavy atom. The van der Waals surface area contributed by atoms with Crippen molar-refractivity contribution in [3.8, 4) is 0 Å². The van der Waals surface area contributed by atoms with Crippen LogP contribution in [0.2, 0.25) is 0 Å². The Hall–Kier alpha value is -3.47. The van der Waals surface area contributed by atoms with Crippen LogP contribution in [0.15, 0.2) is 44.9 Å². The standard InChI is InChI=1S/C17H15N3O7S/c1-26-16(22)8-11(14-3-2-6-28-14)18-15(21)9-19-12-5-4-10(20(24)25)7-13(12)27-17(19)23/h2-7,11H,8-9H2,1H3,(H,18,21). The largest absolute Gasteiger partial charge is 0.469 e. The quantitative estimate of drug-likeness (QED) is 0.361. The second kappa shape index (κ2) is 8.05. The molecule has 0 bridgehead atoms. The molecule has 2 aromatic heterocycles. The molecule has 0 saturated heterocycles. The van der Waals surface area contributed by atoms with Gasteiger partial charge in [0.1, 0.15) is 6.54 Å². The minimum Gasteiger partial charge on any atom is -0.469 e. The van der Waals surface area contributed by atoms with E-state index in [1.165, 1.54) is 30.6 Å². The first-order chi connectivity index (χ1) is 13.4. The topological polar surface area (TPSA) is 134 Å². The molecule has 10 nitrogen and oxygen atoms in total. The Balaban J connectivity index is 1.81. The lowest BCUT2D eigenvalue weighted by molar-refractivity contribution is -0.384. The van der Waals surface area contributed by atoms with Crippen LogP contribution in [0.3, 0.4) is 0 Å². The first kappa shape index (κ1) is 19.3. The van der Waals surface area contributed by atoms with E-state index in [1.807, 2.05) is 5.38 Å². The van der Waals surface area contributed by atoms with Crippen LogP contribution in [-0.4, -0.2) is 28.5 Å². The minimum absolute atomic E-state index is 0.0105. The fourth-order valence-corrected chi connectivity index (χ4v) is 3.44.